The van der Waals surface area contributed by atoms with Crippen LogP contribution in [-0.2, 0) is 11.3 Å². The molecule has 0 saturated heterocycles. The molecule has 2 aromatic carbocycles. The first-order valence-electron chi connectivity index (χ1n) is 9.17. The third kappa shape index (κ3) is 5.63. The lowest BCUT2D eigenvalue weighted by Gasteiger charge is -2.22. The van der Waals surface area contributed by atoms with Gasteiger partial charge in [-0.1, -0.05) is 41.9 Å². The zero-order chi connectivity index (χ0) is 24.4. The molecule has 0 aliphatic carbocycles. The highest BCUT2D eigenvalue weighted by Crippen LogP contribution is 2.35. The third-order valence-corrected chi connectivity index (χ3v) is 4.71. The summed E-state index contributed by atoms with van der Waals surface area (Å²) in [7, 11) is 0. The summed E-state index contributed by atoms with van der Waals surface area (Å²) in [5.74, 6) is -5.74. The van der Waals surface area contributed by atoms with Crippen molar-refractivity contribution in [3.63, 3.8) is 0 Å². The fourth-order valence-electron chi connectivity index (χ4n) is 2.78. The van der Waals surface area contributed by atoms with Crippen molar-refractivity contribution in [1.82, 2.24) is 14.8 Å². The molecule has 0 bridgehead atoms. The number of nitrogens with two attached hydrogens (primary N) is 1. The number of hydrogen-bond donors (Lipinski definition) is 1. The van der Waals surface area contributed by atoms with Gasteiger partial charge in [0.05, 0.1) is 12.3 Å². The molecule has 0 spiro atoms. The first-order valence-corrected chi connectivity index (χ1v) is 9.55. The number of hydrogen-bond acceptors (Lipinski definition) is 4. The van der Waals surface area contributed by atoms with Crippen molar-refractivity contribution in [2.45, 2.75) is 24.9 Å². The maximum absolute atomic E-state index is 13.5. The summed E-state index contributed by atoms with van der Waals surface area (Å²) in [5, 5.41) is 4.10. The van der Waals surface area contributed by atoms with Gasteiger partial charge in [0.2, 0.25) is 5.82 Å². The number of primary amides is 1. The van der Waals surface area contributed by atoms with E-state index in [1.54, 1.807) is 30.3 Å². The van der Waals surface area contributed by atoms with Crippen LogP contribution in [0, 0.1) is 0 Å². The number of nitrogens with zero attached hydrogens (tertiary/aromatic N) is 3. The highest BCUT2D eigenvalue weighted by molar-refractivity contribution is 6.31. The highest BCUT2D eigenvalue weighted by Gasteiger charge is 2.56. The Morgan fingerprint density at radius 3 is 2.39 bits per heavy atom. The number of alkyl halides is 6. The van der Waals surface area contributed by atoms with Gasteiger partial charge in [-0.2, -0.15) is 13.2 Å². The van der Waals surface area contributed by atoms with Gasteiger partial charge in [-0.25, -0.2) is 22.8 Å². The van der Waals surface area contributed by atoms with E-state index in [4.69, 9.17) is 17.3 Å². The molecule has 2 N–H and O–H groups in total. The number of aromatic nitrogens is 3. The predicted octanol–water partition coefficient (Wildman–Crippen LogP) is 4.74. The van der Waals surface area contributed by atoms with E-state index in [1.807, 2.05) is 0 Å². The van der Waals surface area contributed by atoms with Gasteiger partial charge >= 0.3 is 12.1 Å². The second-order valence-corrected chi connectivity index (χ2v) is 7.24. The molecule has 0 fully saturated rings. The van der Waals surface area contributed by atoms with Crippen molar-refractivity contribution in [2.24, 2.45) is 5.73 Å². The van der Waals surface area contributed by atoms with Crippen molar-refractivity contribution in [3.05, 3.63) is 64.9 Å². The molecule has 3 aromatic rings. The van der Waals surface area contributed by atoms with Crippen molar-refractivity contribution in [1.29, 1.82) is 0 Å². The number of carbonyl (C=O) groups excluding carboxylic acids is 1. The summed E-state index contributed by atoms with van der Waals surface area (Å²) in [4.78, 5) is 15.7. The molecule has 6 nitrogen and oxygen atoms in total. The molecular formula is C20H15ClF6N4O2. The average Bonchev–Trinajstić information content (AvgIpc) is 3.20. The molecule has 13 heteroatoms. The Morgan fingerprint density at radius 1 is 1.12 bits per heavy atom. The highest BCUT2D eigenvalue weighted by atomic mass is 35.5. The van der Waals surface area contributed by atoms with Gasteiger partial charge < -0.3 is 10.5 Å². The van der Waals surface area contributed by atoms with E-state index >= 15 is 0 Å². The van der Waals surface area contributed by atoms with Crippen LogP contribution in [0.3, 0.4) is 0 Å². The minimum absolute atomic E-state index is 0.0474. The molecule has 3 rings (SSSR count). The average molecular weight is 493 g/mol. The van der Waals surface area contributed by atoms with Crippen molar-refractivity contribution in [3.8, 4) is 17.1 Å². The maximum Gasteiger partial charge on any atom is 0.425 e. The fourth-order valence-corrected chi connectivity index (χ4v) is 2.96. The van der Waals surface area contributed by atoms with Crippen LogP contribution in [-0.4, -0.2) is 45.5 Å². The molecule has 1 amide bonds. The molecule has 1 atom stereocenters. The lowest BCUT2D eigenvalue weighted by molar-refractivity contribution is -0.256. The number of amides is 1. The topological polar surface area (TPSA) is 83.0 Å². The van der Waals surface area contributed by atoms with Crippen LogP contribution in [0.25, 0.3) is 17.1 Å². The monoisotopic (exact) mass is 492 g/mol. The first-order chi connectivity index (χ1) is 15.4. The van der Waals surface area contributed by atoms with Gasteiger partial charge in [0.25, 0.3) is 12.1 Å². The largest absolute Gasteiger partial charge is 0.425 e. The zero-order valence-electron chi connectivity index (χ0n) is 16.5. The summed E-state index contributed by atoms with van der Waals surface area (Å²) < 4.78 is 82.6. The Kier molecular flexibility index (Phi) is 6.98. The van der Waals surface area contributed by atoms with Crippen molar-refractivity contribution in [2.75, 3.05) is 6.61 Å². The Morgan fingerprint density at radius 2 is 1.79 bits per heavy atom. The quantitative estimate of drug-likeness (QED) is 0.460. The molecule has 33 heavy (non-hydrogen) atoms. The van der Waals surface area contributed by atoms with Crippen LogP contribution in [0.15, 0.2) is 48.5 Å². The molecule has 0 radical (unpaired) electrons. The Balaban J connectivity index is 1.87. The molecule has 0 aliphatic heterocycles. The van der Waals surface area contributed by atoms with Gasteiger partial charge in [-0.05, 0) is 23.8 Å². The molecule has 0 saturated carbocycles. The van der Waals surface area contributed by atoms with Crippen LogP contribution in [0.1, 0.15) is 16.2 Å². The standard InChI is InChI=1S/C20H15ClF6N4O2/c21-14-7-6-13(8-12(14)9-33-10-19(23,24)18(22)20(25,26)27)31-17(11-4-2-1-3-5-11)29-16(30-31)15(28)32/h1-8,18H,9-10H2,(H2,28,32). The lowest BCUT2D eigenvalue weighted by atomic mass is 10.2. The zero-order valence-corrected chi connectivity index (χ0v) is 17.2. The molecule has 176 valence electrons. The summed E-state index contributed by atoms with van der Waals surface area (Å²) in [6.07, 6.45) is -10.1. The Hall–Kier alpha value is -3.12. The third-order valence-electron chi connectivity index (χ3n) is 4.34. The number of rotatable bonds is 8. The fraction of sp³-hybridized carbons (Fsp3) is 0.250. The Bertz CT molecular complexity index is 1140. The van der Waals surface area contributed by atoms with E-state index in [1.165, 1.54) is 22.9 Å². The lowest BCUT2D eigenvalue weighted by Crippen LogP contribution is -2.44. The molecule has 1 heterocycles. The summed E-state index contributed by atoms with van der Waals surface area (Å²) in [5.41, 5.74) is 6.22. The second kappa shape index (κ2) is 9.40. The molecule has 0 aliphatic rings. The van der Waals surface area contributed by atoms with Crippen LogP contribution in [0.2, 0.25) is 5.02 Å². The minimum atomic E-state index is -5.73. The normalized spacial score (nSPS) is 13.2. The number of ether oxygens (including phenoxy) is 1. The molecule has 1 unspecified atom stereocenters. The minimum Gasteiger partial charge on any atom is -0.370 e. The van der Waals surface area contributed by atoms with Crippen LogP contribution >= 0.6 is 11.6 Å². The van der Waals surface area contributed by atoms with E-state index in [9.17, 15) is 31.1 Å². The molecule has 1 aromatic heterocycles. The van der Waals surface area contributed by atoms with Gasteiger partial charge in [-0.15, -0.1) is 5.10 Å². The number of halogens is 7. The van der Waals surface area contributed by atoms with Crippen LogP contribution in [0.5, 0.6) is 0 Å². The van der Waals surface area contributed by atoms with E-state index in [2.05, 4.69) is 14.8 Å². The number of benzene rings is 2. The molecular weight excluding hydrogens is 478 g/mol. The van der Waals surface area contributed by atoms with E-state index < -0.39 is 37.4 Å². The van der Waals surface area contributed by atoms with Gasteiger partial charge in [-0.3, -0.25) is 4.79 Å². The predicted molar refractivity (Wildman–Crippen MR) is 106 cm³/mol. The Labute approximate surface area is 187 Å². The van der Waals surface area contributed by atoms with Gasteiger partial charge in [0.1, 0.15) is 6.61 Å². The summed E-state index contributed by atoms with van der Waals surface area (Å²) in [6, 6.07) is 12.8. The van der Waals surface area contributed by atoms with E-state index in [0.29, 0.717) is 5.56 Å². The van der Waals surface area contributed by atoms with Crippen molar-refractivity contribution < 1.29 is 35.9 Å². The van der Waals surface area contributed by atoms with E-state index in [0.717, 1.165) is 0 Å². The summed E-state index contributed by atoms with van der Waals surface area (Å²) in [6.45, 7) is -2.47. The second-order valence-electron chi connectivity index (χ2n) is 6.83. The smallest absolute Gasteiger partial charge is 0.370 e. The SMILES string of the molecule is NC(=O)c1nc(-c2ccccc2)n(-c2ccc(Cl)c(COCC(F)(F)C(F)C(F)(F)F)c2)n1. The van der Waals surface area contributed by atoms with Gasteiger partial charge in [0, 0.05) is 10.6 Å². The van der Waals surface area contributed by atoms with E-state index in [-0.39, 0.29) is 27.9 Å². The van der Waals surface area contributed by atoms with Crippen LogP contribution in [0.4, 0.5) is 26.3 Å². The first kappa shape index (κ1) is 24.5. The van der Waals surface area contributed by atoms with Crippen molar-refractivity contribution >= 4 is 17.5 Å². The maximum atomic E-state index is 13.5. The van der Waals surface area contributed by atoms with Crippen LogP contribution < -0.4 is 5.73 Å². The van der Waals surface area contributed by atoms with Gasteiger partial charge in [0.15, 0.2) is 5.82 Å². The summed E-state index contributed by atoms with van der Waals surface area (Å²) >= 11 is 6.04. The number of carbonyl (C=O) groups is 1.